The molecular weight excluding hydrogens is 274 g/mol. The van der Waals surface area contributed by atoms with Crippen LogP contribution in [0.2, 0.25) is 0 Å². The summed E-state index contributed by atoms with van der Waals surface area (Å²) in [5.41, 5.74) is 0. The number of nitrogens with zero attached hydrogens (tertiary/aromatic N) is 4. The van der Waals surface area contributed by atoms with Crippen molar-refractivity contribution in [3.63, 3.8) is 0 Å². The van der Waals surface area contributed by atoms with E-state index in [1.165, 1.54) is 4.90 Å². The van der Waals surface area contributed by atoms with Crippen LogP contribution in [-0.2, 0) is 9.59 Å². The first kappa shape index (κ1) is 12.6. The fraction of sp³-hybridized carbons (Fsp3) is 0.692. The van der Waals surface area contributed by atoms with Crippen molar-refractivity contribution in [2.45, 2.75) is 37.3 Å². The number of hydrogen-bond acceptors (Lipinski definition) is 6. The Balaban J connectivity index is 1.45. The number of likely N-dealkylation sites (N-methyl/N-ethyl adjacent to an activating group) is 1. The van der Waals surface area contributed by atoms with Gasteiger partial charge in [0.2, 0.25) is 17.7 Å². The maximum absolute atomic E-state index is 12.1. The van der Waals surface area contributed by atoms with Gasteiger partial charge in [-0.05, 0) is 19.3 Å². The van der Waals surface area contributed by atoms with E-state index in [1.807, 2.05) is 0 Å². The highest BCUT2D eigenvalue weighted by Crippen LogP contribution is 2.39. The van der Waals surface area contributed by atoms with Gasteiger partial charge in [-0.1, -0.05) is 5.10 Å². The third-order valence-corrected chi connectivity index (χ3v) is 4.35. The maximum Gasteiger partial charge on any atom is 0.315 e. The second-order valence-electron chi connectivity index (χ2n) is 6.05. The van der Waals surface area contributed by atoms with Crippen LogP contribution in [0, 0.1) is 0 Å². The number of carbonyl (C=O) groups is 2. The second kappa shape index (κ2) is 4.44. The summed E-state index contributed by atoms with van der Waals surface area (Å²) in [4.78, 5) is 27.2. The van der Waals surface area contributed by atoms with E-state index in [2.05, 4.69) is 15.5 Å². The van der Waals surface area contributed by atoms with Crippen LogP contribution in [0.1, 0.15) is 31.1 Å². The van der Waals surface area contributed by atoms with E-state index in [0.29, 0.717) is 30.8 Å². The average molecular weight is 291 g/mol. The molecule has 2 aliphatic heterocycles. The Labute approximate surface area is 121 Å². The standard InChI is InChI=1S/C13H17N5O3/c1-17-6-10(19)18-5-8(4-9(18)12(17)20)14-13-16-15-11(21-13)7-2-3-7/h7-9H,2-6H2,1H3,(H,14,16)/t8-,9-/m0/s1. The SMILES string of the molecule is CN1CC(=O)N2C[C@@H](Nc3nnc(C4CC4)o3)C[C@H]2C1=O. The summed E-state index contributed by atoms with van der Waals surface area (Å²) >= 11 is 0. The molecule has 2 amide bonds. The molecule has 0 aromatic carbocycles. The predicted octanol–water partition coefficient (Wildman–Crippen LogP) is -0.200. The molecule has 0 spiro atoms. The molecule has 1 saturated carbocycles. The van der Waals surface area contributed by atoms with E-state index < -0.39 is 0 Å². The van der Waals surface area contributed by atoms with Crippen molar-refractivity contribution in [3.05, 3.63) is 5.89 Å². The van der Waals surface area contributed by atoms with Crippen molar-refractivity contribution in [1.29, 1.82) is 0 Å². The van der Waals surface area contributed by atoms with Gasteiger partial charge in [-0.2, -0.15) is 0 Å². The summed E-state index contributed by atoms with van der Waals surface area (Å²) in [6.45, 7) is 0.665. The Hall–Kier alpha value is -2.12. The first-order chi connectivity index (χ1) is 10.1. The molecule has 3 heterocycles. The molecule has 1 aliphatic carbocycles. The largest absolute Gasteiger partial charge is 0.408 e. The van der Waals surface area contributed by atoms with Gasteiger partial charge < -0.3 is 19.5 Å². The number of rotatable bonds is 3. The minimum Gasteiger partial charge on any atom is -0.408 e. The zero-order valence-corrected chi connectivity index (χ0v) is 11.8. The van der Waals surface area contributed by atoms with Crippen LogP contribution in [0.3, 0.4) is 0 Å². The number of hydrogen-bond donors (Lipinski definition) is 1. The molecule has 0 unspecified atom stereocenters. The lowest BCUT2D eigenvalue weighted by Gasteiger charge is -2.33. The van der Waals surface area contributed by atoms with E-state index in [4.69, 9.17) is 4.42 Å². The van der Waals surface area contributed by atoms with Gasteiger partial charge in [0.15, 0.2) is 0 Å². The third-order valence-electron chi connectivity index (χ3n) is 4.35. The molecular formula is C13H17N5O3. The summed E-state index contributed by atoms with van der Waals surface area (Å²) < 4.78 is 5.57. The number of amides is 2. The van der Waals surface area contributed by atoms with E-state index in [1.54, 1.807) is 11.9 Å². The molecule has 2 saturated heterocycles. The fourth-order valence-electron chi connectivity index (χ4n) is 3.04. The van der Waals surface area contributed by atoms with E-state index in [-0.39, 0.29) is 30.4 Å². The summed E-state index contributed by atoms with van der Waals surface area (Å²) in [7, 11) is 1.66. The van der Waals surface area contributed by atoms with Crippen LogP contribution in [0.5, 0.6) is 0 Å². The van der Waals surface area contributed by atoms with Crippen molar-refractivity contribution in [3.8, 4) is 0 Å². The number of nitrogens with one attached hydrogen (secondary N) is 1. The van der Waals surface area contributed by atoms with Crippen LogP contribution in [-0.4, -0.2) is 64.0 Å². The van der Waals surface area contributed by atoms with Crippen molar-refractivity contribution in [2.75, 3.05) is 25.5 Å². The Bertz CT molecular complexity index is 596. The zero-order chi connectivity index (χ0) is 14.6. The van der Waals surface area contributed by atoms with Crippen molar-refractivity contribution in [1.82, 2.24) is 20.0 Å². The minimum absolute atomic E-state index is 0.00287. The molecule has 8 heteroatoms. The molecule has 4 rings (SSSR count). The molecule has 2 atom stereocenters. The van der Waals surface area contributed by atoms with Gasteiger partial charge in [-0.25, -0.2) is 0 Å². The minimum atomic E-state index is -0.362. The Morgan fingerprint density at radius 2 is 2.10 bits per heavy atom. The van der Waals surface area contributed by atoms with Crippen molar-refractivity contribution >= 4 is 17.8 Å². The molecule has 21 heavy (non-hydrogen) atoms. The van der Waals surface area contributed by atoms with E-state index >= 15 is 0 Å². The molecule has 0 bridgehead atoms. The predicted molar refractivity (Wildman–Crippen MR) is 71.4 cm³/mol. The lowest BCUT2D eigenvalue weighted by Crippen LogP contribution is -2.55. The summed E-state index contributed by atoms with van der Waals surface area (Å²) in [5, 5.41) is 11.2. The summed E-state index contributed by atoms with van der Waals surface area (Å²) in [6, 6.07) is -0.00326. The van der Waals surface area contributed by atoms with Gasteiger partial charge in [0.05, 0.1) is 12.6 Å². The Kier molecular flexibility index (Phi) is 2.66. The molecule has 0 radical (unpaired) electrons. The van der Waals surface area contributed by atoms with Gasteiger partial charge in [0.25, 0.3) is 0 Å². The van der Waals surface area contributed by atoms with Crippen LogP contribution in [0.4, 0.5) is 6.01 Å². The van der Waals surface area contributed by atoms with Gasteiger partial charge in [-0.15, -0.1) is 5.10 Å². The van der Waals surface area contributed by atoms with E-state index in [9.17, 15) is 9.59 Å². The van der Waals surface area contributed by atoms with Gasteiger partial charge >= 0.3 is 6.01 Å². The molecule has 8 nitrogen and oxygen atoms in total. The van der Waals surface area contributed by atoms with Crippen LogP contribution >= 0.6 is 0 Å². The molecule has 3 aliphatic rings. The summed E-state index contributed by atoms with van der Waals surface area (Å²) in [6.07, 6.45) is 2.79. The molecule has 3 fully saturated rings. The number of aromatic nitrogens is 2. The lowest BCUT2D eigenvalue weighted by molar-refractivity contribution is -0.152. The number of carbonyl (C=O) groups excluding carboxylic acids is 2. The average Bonchev–Trinajstić information content (AvgIpc) is 3.05. The molecule has 112 valence electrons. The normalized spacial score (nSPS) is 29.0. The maximum atomic E-state index is 12.1. The Morgan fingerprint density at radius 1 is 1.29 bits per heavy atom. The van der Waals surface area contributed by atoms with Gasteiger partial charge in [-0.3, -0.25) is 9.59 Å². The van der Waals surface area contributed by atoms with Crippen LogP contribution < -0.4 is 5.32 Å². The van der Waals surface area contributed by atoms with Gasteiger partial charge in [0, 0.05) is 19.5 Å². The van der Waals surface area contributed by atoms with Crippen LogP contribution in [0.25, 0.3) is 0 Å². The monoisotopic (exact) mass is 291 g/mol. The van der Waals surface area contributed by atoms with Crippen molar-refractivity contribution in [2.24, 2.45) is 0 Å². The van der Waals surface area contributed by atoms with Crippen molar-refractivity contribution < 1.29 is 14.0 Å². The number of anilines is 1. The quantitative estimate of drug-likeness (QED) is 0.829. The highest BCUT2D eigenvalue weighted by molar-refractivity contribution is 5.95. The number of piperazine rings is 1. The first-order valence-electron chi connectivity index (χ1n) is 7.26. The highest BCUT2D eigenvalue weighted by atomic mass is 16.4. The Morgan fingerprint density at radius 3 is 2.86 bits per heavy atom. The topological polar surface area (TPSA) is 91.6 Å². The molecule has 1 aromatic rings. The lowest BCUT2D eigenvalue weighted by atomic mass is 10.1. The van der Waals surface area contributed by atoms with E-state index in [0.717, 1.165) is 12.8 Å². The fourth-order valence-corrected chi connectivity index (χ4v) is 3.04. The molecule has 1 N–H and O–H groups in total. The van der Waals surface area contributed by atoms with Gasteiger partial charge in [0.1, 0.15) is 6.04 Å². The highest BCUT2D eigenvalue weighted by Gasteiger charge is 2.45. The third kappa shape index (κ3) is 2.14. The smallest absolute Gasteiger partial charge is 0.315 e. The van der Waals surface area contributed by atoms with Crippen LogP contribution in [0.15, 0.2) is 4.42 Å². The second-order valence-corrected chi connectivity index (χ2v) is 6.05. The number of fused-ring (bicyclic) bond motifs is 1. The zero-order valence-electron chi connectivity index (χ0n) is 11.8. The first-order valence-corrected chi connectivity index (χ1v) is 7.26. The summed E-state index contributed by atoms with van der Waals surface area (Å²) in [5.74, 6) is 1.10. The molecule has 1 aromatic heterocycles.